The van der Waals surface area contributed by atoms with Crippen molar-refractivity contribution in [3.05, 3.63) is 48.0 Å². The van der Waals surface area contributed by atoms with Crippen LogP contribution >= 0.6 is 12.2 Å². The molecule has 3 unspecified atom stereocenters. The van der Waals surface area contributed by atoms with Gasteiger partial charge in [-0.25, -0.2) is 0 Å². The predicted molar refractivity (Wildman–Crippen MR) is 245 cm³/mol. The molecule has 69 heavy (non-hydrogen) atoms. The smallest absolute Gasteiger partial charge is 0.488 e. The second-order valence-corrected chi connectivity index (χ2v) is 16.1. The molecule has 0 aromatic heterocycles. The molecule has 1 fully saturated rings. The maximum atomic E-state index is 11.9. The Hall–Kier alpha value is -2.37. The molecule has 7 N–H and O–H groups in total. The van der Waals surface area contributed by atoms with Crippen LogP contribution in [-0.2, 0) is 49.3 Å². The van der Waals surface area contributed by atoms with E-state index in [2.05, 4.69) is 20.4 Å². The molecule has 0 spiro atoms. The van der Waals surface area contributed by atoms with Gasteiger partial charge in [-0.1, -0.05) is 12.1 Å². The maximum absolute atomic E-state index is 11.9. The average molecular weight is 1280 g/mol. The number of nitrogens with one attached hydrogen (secondary N) is 2. The summed E-state index contributed by atoms with van der Waals surface area (Å²) >= 11 is 5.66. The number of nitrogens with zero attached hydrogens (tertiary/aromatic N) is 5. The molecule has 1 radical (unpaired) electrons. The van der Waals surface area contributed by atoms with Gasteiger partial charge in [0.25, 0.3) is 0 Å². The monoisotopic (exact) mass is 1280 g/mol. The molecule has 0 aliphatic carbocycles. The average Bonchev–Trinajstić information content (AvgIpc) is 3.25. The first-order valence-electron chi connectivity index (χ1n) is 21.8. The van der Waals surface area contributed by atoms with Crippen molar-refractivity contribution in [3.63, 3.8) is 0 Å². The number of fused-ring (bicyclic) bond motifs is 9. The second-order valence-electron chi connectivity index (χ2n) is 15.6. The van der Waals surface area contributed by atoms with Gasteiger partial charge in [0, 0.05) is 75.8 Å². The number of aliphatic carboxylic acids is 5. The van der Waals surface area contributed by atoms with Crippen molar-refractivity contribution in [2.75, 3.05) is 162 Å². The minimum atomic E-state index is -1.30. The summed E-state index contributed by atoms with van der Waals surface area (Å²) in [6.45, 7) is 4.24. The van der Waals surface area contributed by atoms with Crippen LogP contribution in [0.3, 0.4) is 0 Å². The fraction of sp³-hybridized carbons (Fsp3) is 0.581. The molecule has 3 atom stereocenters. The molecule has 2 heterocycles. The topological polar surface area (TPSA) is 282 Å². The predicted octanol–water partition coefficient (Wildman–Crippen LogP) is 0.148. The zero-order valence-electron chi connectivity index (χ0n) is 38.2. The van der Waals surface area contributed by atoms with Crippen LogP contribution in [0.15, 0.2) is 42.5 Å². The summed E-state index contributed by atoms with van der Waals surface area (Å²) in [6, 6.07) is 11.5. The van der Waals surface area contributed by atoms with E-state index in [4.69, 9.17) is 40.6 Å². The number of ether oxygens (including phenoxy) is 6. The van der Waals surface area contributed by atoms with E-state index < -0.39 is 68.6 Å². The van der Waals surface area contributed by atoms with E-state index in [1.807, 2.05) is 6.07 Å². The molecule has 1 saturated heterocycles. The number of hydrogen-bond donors (Lipinski definition) is 7. The fourth-order valence-corrected chi connectivity index (χ4v) is 7.38. The van der Waals surface area contributed by atoms with Crippen LogP contribution in [0.5, 0.6) is 11.5 Å². The second kappa shape index (κ2) is 35.7. The van der Waals surface area contributed by atoms with Gasteiger partial charge in [-0.15, -0.1) is 0 Å². The summed E-state index contributed by atoms with van der Waals surface area (Å²) < 4.78 is 35.9. The minimum absolute atomic E-state index is 0. The Morgan fingerprint density at radius 2 is 1.01 bits per heavy atom. The van der Waals surface area contributed by atoms with E-state index in [0.29, 0.717) is 127 Å². The van der Waals surface area contributed by atoms with Crippen molar-refractivity contribution in [2.24, 2.45) is 0 Å². The zero-order chi connectivity index (χ0) is 48.4. The molecule has 2 aliphatic rings. The summed E-state index contributed by atoms with van der Waals surface area (Å²) in [4.78, 5) is 66.4. The molecular weight excluding hydrogens is 1210 g/mol. The zero-order valence-corrected chi connectivity index (χ0v) is 43.7. The van der Waals surface area contributed by atoms with Crippen LogP contribution in [0.1, 0.15) is 5.56 Å². The van der Waals surface area contributed by atoms with Gasteiger partial charge in [-0.2, -0.15) is 0 Å². The summed E-state index contributed by atoms with van der Waals surface area (Å²) in [5, 5.41) is 54.1. The third kappa shape index (κ3) is 27.3. The quantitative estimate of drug-likeness (QED) is 0.0686. The summed E-state index contributed by atoms with van der Waals surface area (Å²) in [5.74, 6) is -5.36. The first-order valence-corrected chi connectivity index (χ1v) is 22.2. The normalized spacial score (nSPS) is 18.0. The number of benzene rings is 2. The number of thiocarbonyl (C=S) groups is 1. The summed E-state index contributed by atoms with van der Waals surface area (Å²) in [6.07, 6.45) is 0.0875. The fourth-order valence-electron chi connectivity index (χ4n) is 7.14. The molecule has 26 heteroatoms. The van der Waals surface area contributed by atoms with Crippen molar-refractivity contribution in [1.29, 1.82) is 0 Å². The van der Waals surface area contributed by atoms with E-state index in [1.165, 1.54) is 9.80 Å². The standard InChI is InChI=1S/C43H63N7O16S.Eu.Gd/c51-38(52)26-48(7-8-49(27-39(53)54)28-40(55)56)25-35(50(29-41(57)58)30-42(59)60)23-32-1-3-33(4-2-32)44-43(67)45-34-5-6-36-37(24-34)66-18-13-47-11-16-63-20-19-61-14-9-46(12-17-65-36)10-15-62-21-22-64-31-47;;/h1-6,24,35H,7-23,25-31H2,(H,51,52)(H,53,54)(H,55,56)(H,57,58)(H,59,60)(H2,44,45,67);;/q;2*+3. The largest absolute Gasteiger partial charge is 3.00 e. The van der Waals surface area contributed by atoms with Crippen LogP contribution in [0.2, 0.25) is 0 Å². The van der Waals surface area contributed by atoms with Crippen molar-refractivity contribution in [3.8, 4) is 11.5 Å². The molecule has 23 nitrogen and oxygen atoms in total. The van der Waals surface area contributed by atoms with Gasteiger partial charge in [0.05, 0.1) is 85.7 Å². The Bertz CT molecular complexity index is 1870. The molecule has 0 saturated carbocycles. The van der Waals surface area contributed by atoms with Gasteiger partial charge in [0.1, 0.15) is 13.2 Å². The van der Waals surface area contributed by atoms with E-state index in [1.54, 1.807) is 36.4 Å². The number of hydrogen-bond acceptors (Lipinski definition) is 17. The molecule has 2 aliphatic heterocycles. The molecule has 2 aromatic carbocycles. The number of rotatable bonds is 20. The van der Waals surface area contributed by atoms with Gasteiger partial charge in [0.2, 0.25) is 0 Å². The Kier molecular flexibility index (Phi) is 32.5. The van der Waals surface area contributed by atoms with Gasteiger partial charge in [-0.05, 0) is 48.5 Å². The molecule has 0 amide bonds. The van der Waals surface area contributed by atoms with Gasteiger partial charge >= 0.3 is 119 Å². The maximum Gasteiger partial charge on any atom is 3.00 e. The minimum Gasteiger partial charge on any atom is -0.488 e. The van der Waals surface area contributed by atoms with Gasteiger partial charge < -0.3 is 64.6 Å². The SMILES string of the molecule is O=C(O)CN(CCN(CC(=O)O)CC(Cc1ccc(NC(=S)Nc2ccc3c(c2)OCCN2CCOCCOCCN(CCOCCOC2)CCO3)cc1)N(CC(=O)O)CC(=O)O)CC(=O)O.[Eu+3].[Gd+3]. The van der Waals surface area contributed by atoms with Crippen molar-refractivity contribution in [2.45, 2.75) is 12.5 Å². The molecule has 2 bridgehead atoms. The first kappa shape index (κ1) is 62.7. The number of anilines is 2. The van der Waals surface area contributed by atoms with Crippen LogP contribution in [-0.4, -0.2) is 242 Å². The van der Waals surface area contributed by atoms with Crippen LogP contribution < -0.4 is 20.1 Å². The molecule has 2 aromatic rings. The van der Waals surface area contributed by atoms with E-state index in [9.17, 15) is 49.5 Å². The first-order chi connectivity index (χ1) is 32.2. The van der Waals surface area contributed by atoms with Crippen molar-refractivity contribution >= 4 is 58.6 Å². The van der Waals surface area contributed by atoms with Crippen LogP contribution in [0.4, 0.5) is 11.4 Å². The van der Waals surface area contributed by atoms with Crippen molar-refractivity contribution in [1.82, 2.24) is 24.5 Å². The Morgan fingerprint density at radius 1 is 0.565 bits per heavy atom. The van der Waals surface area contributed by atoms with Crippen LogP contribution in [0, 0.1) is 89.3 Å². The Labute approximate surface area is 479 Å². The van der Waals surface area contributed by atoms with Gasteiger partial charge in [0.15, 0.2) is 16.6 Å². The molecule has 4 rings (SSSR count). The van der Waals surface area contributed by atoms with E-state index in [0.717, 1.165) is 4.90 Å². The van der Waals surface area contributed by atoms with Crippen LogP contribution in [0.25, 0.3) is 0 Å². The summed E-state index contributed by atoms with van der Waals surface area (Å²) in [7, 11) is 0. The number of carboxylic acid groups (broad SMARTS) is 5. The van der Waals surface area contributed by atoms with E-state index >= 15 is 0 Å². The Morgan fingerprint density at radius 3 is 1.58 bits per heavy atom. The van der Waals surface area contributed by atoms with Gasteiger partial charge in [-0.3, -0.25) is 48.5 Å². The summed E-state index contributed by atoms with van der Waals surface area (Å²) in [5.41, 5.74) is 1.86. The Balaban J connectivity index is 0.00000817. The molecular formula is C43H63EuGdN7O16S+6. The van der Waals surface area contributed by atoms with E-state index in [-0.39, 0.29) is 120 Å². The number of carboxylic acids is 5. The third-order valence-electron chi connectivity index (χ3n) is 10.4. The molecule has 381 valence electrons. The van der Waals surface area contributed by atoms with Crippen molar-refractivity contribution < 1.29 is 167 Å². The third-order valence-corrected chi connectivity index (χ3v) is 10.6. The number of carbonyl (C=O) groups is 5.